The van der Waals surface area contributed by atoms with Crippen molar-refractivity contribution in [2.45, 2.75) is 25.9 Å². The first kappa shape index (κ1) is 20.8. The zero-order valence-electron chi connectivity index (χ0n) is 15.3. The highest BCUT2D eigenvalue weighted by Crippen LogP contribution is 2.36. The Hall–Kier alpha value is -2.96. The van der Waals surface area contributed by atoms with Crippen molar-refractivity contribution >= 4 is 10.8 Å². The molecule has 0 aromatic heterocycles. The van der Waals surface area contributed by atoms with E-state index < -0.39 is 40.7 Å². The number of rotatable bonds is 6. The number of hydrogen-bond donors (Lipinski definition) is 0. The van der Waals surface area contributed by atoms with E-state index in [1.54, 1.807) is 19.1 Å². The molecule has 0 spiro atoms. The third kappa shape index (κ3) is 4.39. The van der Waals surface area contributed by atoms with E-state index in [-0.39, 0.29) is 22.8 Å². The maximum atomic E-state index is 14.5. The summed E-state index contributed by atoms with van der Waals surface area (Å²) < 4.78 is 89.0. The Kier molecular flexibility index (Phi) is 5.86. The Bertz CT molecular complexity index is 1050. The molecular weight excluding hydrogens is 394 g/mol. The molecule has 0 aliphatic carbocycles. The molecule has 0 N–H and O–H groups in total. The quantitative estimate of drug-likeness (QED) is 0.313. The van der Waals surface area contributed by atoms with Crippen LogP contribution >= 0.6 is 0 Å². The minimum atomic E-state index is -4.32. The third-order valence-electron chi connectivity index (χ3n) is 4.35. The lowest BCUT2D eigenvalue weighted by atomic mass is 10.0. The van der Waals surface area contributed by atoms with Gasteiger partial charge in [0.1, 0.15) is 22.9 Å². The van der Waals surface area contributed by atoms with Crippen LogP contribution in [0.5, 0.6) is 5.75 Å². The summed E-state index contributed by atoms with van der Waals surface area (Å²) in [4.78, 5) is 0. The normalized spacial score (nSPS) is 12.1. The number of fused-ring (bicyclic) bond motifs is 1. The number of alkyl halides is 2. The highest BCUT2D eigenvalue weighted by molar-refractivity contribution is 5.84. The third-order valence-corrected chi connectivity index (χ3v) is 4.35. The van der Waals surface area contributed by atoms with E-state index in [4.69, 9.17) is 0 Å². The fourth-order valence-electron chi connectivity index (χ4n) is 2.97. The molecule has 0 radical (unpaired) electrons. The smallest absolute Gasteiger partial charge is 0.429 e. The highest BCUT2D eigenvalue weighted by Gasteiger charge is 2.41. The lowest BCUT2D eigenvalue weighted by Crippen LogP contribution is -2.25. The van der Waals surface area contributed by atoms with Crippen LogP contribution in [0, 0.1) is 23.3 Å². The summed E-state index contributed by atoms with van der Waals surface area (Å²) in [6, 6.07) is 6.77. The minimum Gasteiger partial charge on any atom is -0.429 e. The molecule has 0 heterocycles. The molecule has 152 valence electrons. The number of hydrogen-bond acceptors (Lipinski definition) is 1. The van der Waals surface area contributed by atoms with E-state index in [1.165, 1.54) is 6.07 Å². The molecule has 0 aliphatic rings. The van der Waals surface area contributed by atoms with Crippen LogP contribution < -0.4 is 4.74 Å². The Labute approximate surface area is 163 Å². The molecule has 0 fully saturated rings. The summed E-state index contributed by atoms with van der Waals surface area (Å²) in [5, 5.41) is -0.0408. The van der Waals surface area contributed by atoms with Crippen molar-refractivity contribution in [3.05, 3.63) is 89.0 Å². The van der Waals surface area contributed by atoms with Gasteiger partial charge in [0.2, 0.25) is 0 Å². The van der Waals surface area contributed by atoms with Crippen molar-refractivity contribution in [3.63, 3.8) is 0 Å². The molecule has 3 aromatic rings. The predicted molar refractivity (Wildman–Crippen MR) is 97.9 cm³/mol. The van der Waals surface area contributed by atoms with Crippen LogP contribution in [-0.2, 0) is 12.5 Å². The van der Waals surface area contributed by atoms with Crippen LogP contribution in [0.1, 0.15) is 24.5 Å². The molecule has 0 saturated heterocycles. The fourth-order valence-corrected chi connectivity index (χ4v) is 2.97. The largest absolute Gasteiger partial charge is 0.432 e. The van der Waals surface area contributed by atoms with Gasteiger partial charge in [0.05, 0.1) is 0 Å². The van der Waals surface area contributed by atoms with Gasteiger partial charge in [-0.15, -0.1) is 0 Å². The minimum absolute atomic E-state index is 0.0949. The maximum Gasteiger partial charge on any atom is 0.432 e. The van der Waals surface area contributed by atoms with Gasteiger partial charge in [-0.05, 0) is 67.1 Å². The van der Waals surface area contributed by atoms with Crippen molar-refractivity contribution in [3.8, 4) is 5.75 Å². The number of benzene rings is 3. The van der Waals surface area contributed by atoms with Gasteiger partial charge in [0.25, 0.3) is 0 Å². The Morgan fingerprint density at radius 1 is 0.897 bits per heavy atom. The van der Waals surface area contributed by atoms with Crippen LogP contribution in [0.3, 0.4) is 0 Å². The Morgan fingerprint density at radius 2 is 1.59 bits per heavy atom. The Morgan fingerprint density at radius 3 is 2.24 bits per heavy atom. The second kappa shape index (κ2) is 8.19. The van der Waals surface area contributed by atoms with Gasteiger partial charge in [-0.3, -0.25) is 0 Å². The average Bonchev–Trinajstić information content (AvgIpc) is 2.64. The van der Waals surface area contributed by atoms with Gasteiger partial charge >= 0.3 is 6.11 Å². The Balaban J connectivity index is 1.91. The molecule has 0 atom stereocenters. The van der Waals surface area contributed by atoms with Crippen LogP contribution in [0.4, 0.5) is 26.3 Å². The van der Waals surface area contributed by atoms with Crippen LogP contribution in [-0.4, -0.2) is 0 Å². The molecule has 0 saturated carbocycles. The molecule has 29 heavy (non-hydrogen) atoms. The van der Waals surface area contributed by atoms with Gasteiger partial charge in [0, 0.05) is 5.39 Å². The molecule has 7 heteroatoms. The second-order valence-electron chi connectivity index (χ2n) is 6.41. The topological polar surface area (TPSA) is 9.23 Å². The van der Waals surface area contributed by atoms with Crippen molar-refractivity contribution in [2.75, 3.05) is 0 Å². The standard InChI is InChI=1S/C22H16F6O/c1-2-3-4-5-13-10-18(24)20(19(25)11-13)22(27,28)29-15-7-8-16-14(12-15)6-9-17(23)21(16)26/h2-3,6-12H,4-5H2,1H3/b3-2+. The van der Waals surface area contributed by atoms with E-state index in [0.29, 0.717) is 6.42 Å². The molecular formula is C22H16F6O. The van der Waals surface area contributed by atoms with Gasteiger partial charge in [-0.1, -0.05) is 18.2 Å². The first-order valence-electron chi connectivity index (χ1n) is 8.77. The molecule has 0 bridgehead atoms. The second-order valence-corrected chi connectivity index (χ2v) is 6.41. The lowest BCUT2D eigenvalue weighted by Gasteiger charge is -2.20. The summed E-state index contributed by atoms with van der Waals surface area (Å²) in [6.07, 6.45) is 0.0403. The first-order chi connectivity index (χ1) is 13.7. The highest BCUT2D eigenvalue weighted by atomic mass is 19.3. The summed E-state index contributed by atoms with van der Waals surface area (Å²) in [6.45, 7) is 1.79. The molecule has 0 amide bonds. The van der Waals surface area contributed by atoms with Crippen LogP contribution in [0.2, 0.25) is 0 Å². The predicted octanol–water partition coefficient (Wildman–Crippen LogP) is 7.03. The van der Waals surface area contributed by atoms with Crippen molar-refractivity contribution in [1.29, 1.82) is 0 Å². The molecule has 1 nitrogen and oxygen atoms in total. The summed E-state index contributed by atoms with van der Waals surface area (Å²) in [7, 11) is 0. The van der Waals surface area contributed by atoms with Crippen molar-refractivity contribution < 1.29 is 31.1 Å². The lowest BCUT2D eigenvalue weighted by molar-refractivity contribution is -0.189. The van der Waals surface area contributed by atoms with E-state index >= 15 is 0 Å². The van der Waals surface area contributed by atoms with Gasteiger partial charge in [0.15, 0.2) is 11.6 Å². The van der Waals surface area contributed by atoms with Crippen LogP contribution in [0.15, 0.2) is 54.6 Å². The van der Waals surface area contributed by atoms with Gasteiger partial charge < -0.3 is 4.74 Å². The molecule has 0 aliphatic heterocycles. The number of halogens is 6. The molecule has 3 aromatic carbocycles. The zero-order valence-corrected chi connectivity index (χ0v) is 15.3. The van der Waals surface area contributed by atoms with E-state index in [0.717, 1.165) is 36.4 Å². The van der Waals surface area contributed by atoms with Crippen molar-refractivity contribution in [1.82, 2.24) is 0 Å². The number of aryl methyl sites for hydroxylation is 1. The summed E-state index contributed by atoms with van der Waals surface area (Å²) in [5.41, 5.74) is -1.28. The monoisotopic (exact) mass is 410 g/mol. The summed E-state index contributed by atoms with van der Waals surface area (Å²) in [5.74, 6) is -5.54. The zero-order chi connectivity index (χ0) is 21.2. The summed E-state index contributed by atoms with van der Waals surface area (Å²) >= 11 is 0. The van der Waals surface area contributed by atoms with E-state index in [2.05, 4.69) is 4.74 Å². The number of allylic oxidation sites excluding steroid dienone is 2. The van der Waals surface area contributed by atoms with E-state index in [9.17, 15) is 26.3 Å². The van der Waals surface area contributed by atoms with E-state index in [1.807, 2.05) is 0 Å². The van der Waals surface area contributed by atoms with Crippen LogP contribution in [0.25, 0.3) is 10.8 Å². The van der Waals surface area contributed by atoms with Gasteiger partial charge in [-0.2, -0.15) is 8.78 Å². The SMILES string of the molecule is C/C=C/CCc1cc(F)c(C(F)(F)Oc2ccc3c(F)c(F)ccc3c2)c(F)c1. The molecule has 3 rings (SSSR count). The molecule has 0 unspecified atom stereocenters. The first-order valence-corrected chi connectivity index (χ1v) is 8.77. The fraction of sp³-hybridized carbons (Fsp3) is 0.182. The number of ether oxygens (including phenoxy) is 1. The maximum absolute atomic E-state index is 14.5. The average molecular weight is 410 g/mol. The van der Waals surface area contributed by atoms with Crippen molar-refractivity contribution in [2.24, 2.45) is 0 Å². The van der Waals surface area contributed by atoms with Gasteiger partial charge in [-0.25, -0.2) is 17.6 Å².